The largest absolute Gasteiger partial charge is 0.338 e. The molecule has 1 aliphatic carbocycles. The second-order valence-electron chi connectivity index (χ2n) is 8.69. The van der Waals surface area contributed by atoms with Gasteiger partial charge in [0.05, 0.1) is 11.9 Å². The standard InChI is InChI=1S/C21H26N6O3/c1-24-19(29)21(25(2)20(24)30)7-9-26(10-8-21)18(28)14-11-16-17(22-12-14)27(13-23-16)15-5-3-4-6-15/h11-13,15H,3-10H2,1-2H3. The summed E-state index contributed by atoms with van der Waals surface area (Å²) in [5.41, 5.74) is 1.24. The first-order valence-corrected chi connectivity index (χ1v) is 10.6. The minimum Gasteiger partial charge on any atom is -0.338 e. The van der Waals surface area contributed by atoms with E-state index in [4.69, 9.17) is 0 Å². The molecule has 4 amide bonds. The number of aromatic nitrogens is 3. The summed E-state index contributed by atoms with van der Waals surface area (Å²) in [7, 11) is 3.18. The van der Waals surface area contributed by atoms with Crippen molar-refractivity contribution in [2.75, 3.05) is 27.2 Å². The monoisotopic (exact) mass is 410 g/mol. The molecular formula is C21H26N6O3. The van der Waals surface area contributed by atoms with E-state index in [1.165, 1.54) is 29.7 Å². The van der Waals surface area contributed by atoms with Gasteiger partial charge in [-0.3, -0.25) is 14.5 Å². The zero-order chi connectivity index (χ0) is 21.0. The molecule has 0 atom stereocenters. The maximum absolute atomic E-state index is 13.1. The van der Waals surface area contributed by atoms with Crippen LogP contribution in [0.1, 0.15) is 54.9 Å². The smallest absolute Gasteiger partial charge is 0.327 e. The summed E-state index contributed by atoms with van der Waals surface area (Å²) in [6.45, 7) is 0.842. The maximum atomic E-state index is 13.1. The Morgan fingerprint density at radius 1 is 1.10 bits per heavy atom. The topological polar surface area (TPSA) is 91.6 Å². The number of imide groups is 1. The van der Waals surface area contributed by atoms with E-state index in [0.29, 0.717) is 37.5 Å². The molecule has 158 valence electrons. The summed E-state index contributed by atoms with van der Waals surface area (Å²) in [6, 6.07) is 1.97. The molecule has 5 rings (SSSR count). The number of piperidine rings is 1. The minimum absolute atomic E-state index is 0.109. The summed E-state index contributed by atoms with van der Waals surface area (Å²) in [5.74, 6) is -0.287. The second-order valence-corrected chi connectivity index (χ2v) is 8.69. The Bertz CT molecular complexity index is 1030. The summed E-state index contributed by atoms with van der Waals surface area (Å²) >= 11 is 0. The molecule has 2 aromatic heterocycles. The van der Waals surface area contributed by atoms with Crippen molar-refractivity contribution in [3.63, 3.8) is 0 Å². The summed E-state index contributed by atoms with van der Waals surface area (Å²) in [5, 5.41) is 0. The van der Waals surface area contributed by atoms with Gasteiger partial charge in [0, 0.05) is 39.4 Å². The highest BCUT2D eigenvalue weighted by Crippen LogP contribution is 2.36. The van der Waals surface area contributed by atoms with Gasteiger partial charge < -0.3 is 14.4 Å². The quantitative estimate of drug-likeness (QED) is 0.707. The molecule has 0 radical (unpaired) electrons. The van der Waals surface area contributed by atoms with Gasteiger partial charge in [0.2, 0.25) is 0 Å². The number of carbonyl (C=O) groups is 3. The van der Waals surface area contributed by atoms with Gasteiger partial charge >= 0.3 is 6.03 Å². The molecule has 9 nitrogen and oxygen atoms in total. The number of rotatable bonds is 2. The van der Waals surface area contributed by atoms with E-state index in [1.54, 1.807) is 18.1 Å². The van der Waals surface area contributed by atoms with Crippen molar-refractivity contribution in [3.8, 4) is 0 Å². The van der Waals surface area contributed by atoms with Crippen LogP contribution in [-0.4, -0.2) is 79.8 Å². The molecule has 2 aromatic rings. The van der Waals surface area contributed by atoms with Crippen molar-refractivity contribution in [1.29, 1.82) is 0 Å². The predicted octanol–water partition coefficient (Wildman–Crippen LogP) is 2.04. The predicted molar refractivity (Wildman–Crippen MR) is 109 cm³/mol. The number of likely N-dealkylation sites (tertiary alicyclic amines) is 1. The van der Waals surface area contributed by atoms with E-state index >= 15 is 0 Å². The average molecular weight is 410 g/mol. The molecule has 3 aliphatic rings. The highest BCUT2D eigenvalue weighted by atomic mass is 16.2. The Kier molecular flexibility index (Phi) is 4.30. The third kappa shape index (κ3) is 2.64. The Labute approximate surface area is 174 Å². The summed E-state index contributed by atoms with van der Waals surface area (Å²) < 4.78 is 2.14. The van der Waals surface area contributed by atoms with E-state index in [2.05, 4.69) is 14.5 Å². The third-order valence-corrected chi connectivity index (χ3v) is 7.17. The van der Waals surface area contributed by atoms with Crippen molar-refractivity contribution in [2.45, 2.75) is 50.1 Å². The van der Waals surface area contributed by atoms with Crippen LogP contribution >= 0.6 is 0 Å². The van der Waals surface area contributed by atoms with Gasteiger partial charge in [-0.2, -0.15) is 0 Å². The highest BCUT2D eigenvalue weighted by Gasteiger charge is 2.55. The van der Waals surface area contributed by atoms with Crippen LogP contribution in [0.25, 0.3) is 11.2 Å². The lowest BCUT2D eigenvalue weighted by Gasteiger charge is -2.40. The molecular weight excluding hydrogens is 384 g/mol. The van der Waals surface area contributed by atoms with E-state index in [-0.39, 0.29) is 17.8 Å². The number of hydrogen-bond donors (Lipinski definition) is 0. The van der Waals surface area contributed by atoms with Gasteiger partial charge in [-0.15, -0.1) is 0 Å². The summed E-state index contributed by atoms with van der Waals surface area (Å²) in [4.78, 5) is 51.4. The number of fused-ring (bicyclic) bond motifs is 1. The molecule has 1 saturated carbocycles. The number of imidazole rings is 1. The molecule has 4 heterocycles. The first-order valence-electron chi connectivity index (χ1n) is 10.6. The molecule has 0 unspecified atom stereocenters. The van der Waals surface area contributed by atoms with Crippen LogP contribution in [0.5, 0.6) is 0 Å². The molecule has 3 fully saturated rings. The van der Waals surface area contributed by atoms with Gasteiger partial charge in [-0.1, -0.05) is 12.8 Å². The molecule has 30 heavy (non-hydrogen) atoms. The van der Waals surface area contributed by atoms with Crippen LogP contribution in [0.4, 0.5) is 4.79 Å². The molecule has 9 heteroatoms. The lowest BCUT2D eigenvalue weighted by molar-refractivity contribution is -0.134. The fraction of sp³-hybridized carbons (Fsp3) is 0.571. The van der Waals surface area contributed by atoms with E-state index < -0.39 is 5.54 Å². The Morgan fingerprint density at radius 2 is 1.80 bits per heavy atom. The number of pyridine rings is 1. The second kappa shape index (κ2) is 6.78. The highest BCUT2D eigenvalue weighted by molar-refractivity contribution is 6.07. The van der Waals surface area contributed by atoms with Crippen LogP contribution in [0.3, 0.4) is 0 Å². The van der Waals surface area contributed by atoms with Crippen LogP contribution in [0.15, 0.2) is 18.6 Å². The zero-order valence-electron chi connectivity index (χ0n) is 17.4. The van der Waals surface area contributed by atoms with Gasteiger partial charge in [-0.25, -0.2) is 14.8 Å². The van der Waals surface area contributed by atoms with Crippen molar-refractivity contribution in [3.05, 3.63) is 24.2 Å². The molecule has 0 aromatic carbocycles. The SMILES string of the molecule is CN1C(=O)N(C)C2(CCN(C(=O)c3cnc4c(c3)ncn4C3CCCC3)CC2)C1=O. The summed E-state index contributed by atoms with van der Waals surface area (Å²) in [6.07, 6.45) is 9.11. The fourth-order valence-corrected chi connectivity index (χ4v) is 5.25. The molecule has 1 spiro atoms. The molecule has 2 aliphatic heterocycles. The van der Waals surface area contributed by atoms with Crippen LogP contribution < -0.4 is 0 Å². The van der Waals surface area contributed by atoms with Crippen molar-refractivity contribution < 1.29 is 14.4 Å². The molecule has 0 bridgehead atoms. The Morgan fingerprint density at radius 3 is 2.43 bits per heavy atom. The normalized spacial score (nSPS) is 22.1. The number of hydrogen-bond acceptors (Lipinski definition) is 5. The maximum Gasteiger partial charge on any atom is 0.327 e. The van der Waals surface area contributed by atoms with E-state index in [9.17, 15) is 14.4 Å². The molecule has 0 N–H and O–H groups in total. The van der Waals surface area contributed by atoms with Crippen molar-refractivity contribution >= 4 is 29.0 Å². The number of amides is 4. The van der Waals surface area contributed by atoms with E-state index in [0.717, 1.165) is 24.0 Å². The van der Waals surface area contributed by atoms with Gasteiger partial charge in [0.1, 0.15) is 11.1 Å². The first kappa shape index (κ1) is 19.0. The van der Waals surface area contributed by atoms with Gasteiger partial charge in [0.15, 0.2) is 5.65 Å². The van der Waals surface area contributed by atoms with Gasteiger partial charge in [0.25, 0.3) is 11.8 Å². The lowest BCUT2D eigenvalue weighted by atomic mass is 9.86. The van der Waals surface area contributed by atoms with Crippen molar-refractivity contribution in [1.82, 2.24) is 29.2 Å². The fourth-order valence-electron chi connectivity index (χ4n) is 5.25. The number of likely N-dealkylation sites (N-methyl/N-ethyl adjacent to an activating group) is 2. The van der Waals surface area contributed by atoms with Crippen LogP contribution in [0, 0.1) is 0 Å². The minimum atomic E-state index is -0.828. The number of urea groups is 1. The van der Waals surface area contributed by atoms with Crippen molar-refractivity contribution in [2.24, 2.45) is 0 Å². The number of carbonyl (C=O) groups excluding carboxylic acids is 3. The Balaban J connectivity index is 1.33. The van der Waals surface area contributed by atoms with Crippen LogP contribution in [0.2, 0.25) is 0 Å². The lowest BCUT2D eigenvalue weighted by Crippen LogP contribution is -2.56. The average Bonchev–Trinajstić information content (AvgIpc) is 3.48. The van der Waals surface area contributed by atoms with Crippen LogP contribution in [-0.2, 0) is 4.79 Å². The van der Waals surface area contributed by atoms with Gasteiger partial charge in [-0.05, 0) is 31.7 Å². The van der Waals surface area contributed by atoms with E-state index in [1.807, 2.05) is 12.4 Å². The Hall–Kier alpha value is -2.97. The first-order chi connectivity index (χ1) is 14.4. The number of nitrogens with zero attached hydrogens (tertiary/aromatic N) is 6. The zero-order valence-corrected chi connectivity index (χ0v) is 17.4. The third-order valence-electron chi connectivity index (χ3n) is 7.17. The molecule has 2 saturated heterocycles.